The molecule has 2 unspecified atom stereocenters. The Morgan fingerprint density at radius 3 is 3.17 bits per heavy atom. The minimum atomic E-state index is 0.0836. The van der Waals surface area contributed by atoms with Crippen LogP contribution in [-0.4, -0.2) is 30.0 Å². The Hall–Kier alpha value is -0.810. The summed E-state index contributed by atoms with van der Waals surface area (Å²) in [5.41, 5.74) is 0. The maximum atomic E-state index is 11.7. The van der Waals surface area contributed by atoms with Crippen molar-refractivity contribution < 1.29 is 4.79 Å². The van der Waals surface area contributed by atoms with Crippen LogP contribution in [0.25, 0.3) is 0 Å². The summed E-state index contributed by atoms with van der Waals surface area (Å²) < 4.78 is 0.866. The number of nitrogens with one attached hydrogen (secondary N) is 1. The lowest BCUT2D eigenvalue weighted by molar-refractivity contribution is -0.122. The Kier molecular flexibility index (Phi) is 3.20. The first-order chi connectivity index (χ1) is 8.66. The number of piperidine rings is 1. The van der Waals surface area contributed by atoms with E-state index in [-0.39, 0.29) is 17.9 Å². The van der Waals surface area contributed by atoms with E-state index in [1.165, 1.54) is 0 Å². The third-order valence-electron chi connectivity index (χ3n) is 3.66. The fraction of sp³-hybridized carbons (Fsp3) is 0.500. The van der Waals surface area contributed by atoms with Gasteiger partial charge in [-0.05, 0) is 34.8 Å². The maximum Gasteiger partial charge on any atom is 0.225 e. The van der Waals surface area contributed by atoms with Crippen molar-refractivity contribution in [2.24, 2.45) is 5.92 Å². The molecule has 3 heterocycles. The number of anilines is 1. The molecule has 2 saturated heterocycles. The molecule has 96 valence electrons. The van der Waals surface area contributed by atoms with Crippen LogP contribution in [0.5, 0.6) is 0 Å². The highest BCUT2D eigenvalue weighted by Crippen LogP contribution is 2.34. The molecule has 3 rings (SSSR count). The normalized spacial score (nSPS) is 27.0. The molecule has 0 spiro atoms. The second-order valence-electron chi connectivity index (χ2n) is 4.71. The van der Waals surface area contributed by atoms with Gasteiger partial charge in [-0.1, -0.05) is 11.6 Å². The maximum absolute atomic E-state index is 11.7. The Morgan fingerprint density at radius 2 is 2.39 bits per heavy atom. The molecular formula is C12H13BrClN3O. The van der Waals surface area contributed by atoms with E-state index in [2.05, 4.69) is 31.1 Å². The fourth-order valence-corrected chi connectivity index (χ4v) is 3.57. The van der Waals surface area contributed by atoms with Crippen LogP contribution < -0.4 is 10.2 Å². The zero-order chi connectivity index (χ0) is 12.7. The highest BCUT2D eigenvalue weighted by molar-refractivity contribution is 9.10. The molecule has 1 aromatic heterocycles. The summed E-state index contributed by atoms with van der Waals surface area (Å²) >= 11 is 9.60. The van der Waals surface area contributed by atoms with Gasteiger partial charge in [-0.15, -0.1) is 0 Å². The first kappa shape index (κ1) is 12.2. The minimum absolute atomic E-state index is 0.0836. The lowest BCUT2D eigenvalue weighted by Gasteiger charge is -2.37. The lowest BCUT2D eigenvalue weighted by Crippen LogP contribution is -2.46. The van der Waals surface area contributed by atoms with E-state index in [1.807, 2.05) is 6.07 Å². The van der Waals surface area contributed by atoms with Gasteiger partial charge < -0.3 is 10.2 Å². The first-order valence-electron chi connectivity index (χ1n) is 6.02. The number of hydrogen-bond acceptors (Lipinski definition) is 3. The molecule has 0 saturated carbocycles. The average Bonchev–Trinajstić information content (AvgIpc) is 2.72. The number of pyridine rings is 1. The number of fused-ring (bicyclic) bond motifs is 1. The Morgan fingerprint density at radius 1 is 1.56 bits per heavy atom. The van der Waals surface area contributed by atoms with Crippen molar-refractivity contribution in [3.8, 4) is 0 Å². The summed E-state index contributed by atoms with van der Waals surface area (Å²) in [6.45, 7) is 1.60. The minimum Gasteiger partial charge on any atom is -0.354 e. The molecule has 2 atom stereocenters. The smallest absolute Gasteiger partial charge is 0.225 e. The van der Waals surface area contributed by atoms with Crippen molar-refractivity contribution in [3.05, 3.63) is 21.8 Å². The lowest BCUT2D eigenvalue weighted by atomic mass is 9.91. The quantitative estimate of drug-likeness (QED) is 0.859. The van der Waals surface area contributed by atoms with Gasteiger partial charge in [0.2, 0.25) is 5.91 Å². The summed E-state index contributed by atoms with van der Waals surface area (Å²) in [6, 6.07) is 2.04. The number of amides is 1. The number of aromatic nitrogens is 1. The standard InChI is InChI=1S/C12H13BrClN3O/c13-7-4-9(14)11(15-5-7)17-3-1-2-8-10(17)6-16-12(8)18/h4-5,8,10H,1-3,6H2,(H,16,18). The summed E-state index contributed by atoms with van der Waals surface area (Å²) in [5, 5.41) is 3.56. The van der Waals surface area contributed by atoms with Crippen LogP contribution >= 0.6 is 27.5 Å². The number of halogens is 2. The number of carbonyl (C=O) groups is 1. The van der Waals surface area contributed by atoms with Crippen molar-refractivity contribution in [1.29, 1.82) is 0 Å². The third kappa shape index (κ3) is 1.99. The van der Waals surface area contributed by atoms with Gasteiger partial charge in [0.15, 0.2) is 0 Å². The van der Waals surface area contributed by atoms with Gasteiger partial charge in [0.25, 0.3) is 0 Å². The van der Waals surface area contributed by atoms with Gasteiger partial charge in [-0.25, -0.2) is 4.98 Å². The molecular weight excluding hydrogens is 318 g/mol. The highest BCUT2D eigenvalue weighted by Gasteiger charge is 2.41. The van der Waals surface area contributed by atoms with Crippen molar-refractivity contribution >= 4 is 39.3 Å². The summed E-state index contributed by atoms with van der Waals surface area (Å²) in [7, 11) is 0. The van der Waals surface area contributed by atoms with E-state index in [0.717, 1.165) is 29.7 Å². The molecule has 2 aliphatic heterocycles. The van der Waals surface area contributed by atoms with Crippen LogP contribution in [0.2, 0.25) is 5.02 Å². The van der Waals surface area contributed by atoms with Crippen LogP contribution in [-0.2, 0) is 4.79 Å². The topological polar surface area (TPSA) is 45.2 Å². The Labute approximate surface area is 119 Å². The van der Waals surface area contributed by atoms with Crippen LogP contribution in [0.3, 0.4) is 0 Å². The number of hydrogen-bond donors (Lipinski definition) is 1. The molecule has 0 aromatic carbocycles. The molecule has 4 nitrogen and oxygen atoms in total. The predicted molar refractivity (Wildman–Crippen MR) is 73.8 cm³/mol. The van der Waals surface area contributed by atoms with Crippen LogP contribution in [0.4, 0.5) is 5.82 Å². The molecule has 0 radical (unpaired) electrons. The van der Waals surface area contributed by atoms with Gasteiger partial charge in [0, 0.05) is 23.8 Å². The molecule has 1 aromatic rings. The highest BCUT2D eigenvalue weighted by atomic mass is 79.9. The number of nitrogens with zero attached hydrogens (tertiary/aromatic N) is 2. The molecule has 2 fully saturated rings. The second-order valence-corrected chi connectivity index (χ2v) is 6.04. The summed E-state index contributed by atoms with van der Waals surface area (Å²) in [4.78, 5) is 18.3. The van der Waals surface area contributed by atoms with Gasteiger partial charge in [0.1, 0.15) is 5.82 Å². The van der Waals surface area contributed by atoms with E-state index in [1.54, 1.807) is 6.20 Å². The van der Waals surface area contributed by atoms with Crippen molar-refractivity contribution in [3.63, 3.8) is 0 Å². The molecule has 18 heavy (non-hydrogen) atoms. The van der Waals surface area contributed by atoms with E-state index in [9.17, 15) is 4.79 Å². The third-order valence-corrected chi connectivity index (χ3v) is 4.37. The van der Waals surface area contributed by atoms with E-state index >= 15 is 0 Å². The van der Waals surface area contributed by atoms with Gasteiger partial charge >= 0.3 is 0 Å². The van der Waals surface area contributed by atoms with Crippen LogP contribution in [0.1, 0.15) is 12.8 Å². The molecule has 0 aliphatic carbocycles. The molecule has 6 heteroatoms. The summed E-state index contributed by atoms with van der Waals surface area (Å²) in [6.07, 6.45) is 3.71. The molecule has 1 N–H and O–H groups in total. The Balaban J connectivity index is 1.93. The van der Waals surface area contributed by atoms with Crippen molar-refractivity contribution in [2.75, 3.05) is 18.0 Å². The molecule has 0 bridgehead atoms. The van der Waals surface area contributed by atoms with Crippen LogP contribution in [0, 0.1) is 5.92 Å². The van der Waals surface area contributed by atoms with Gasteiger partial charge in [0.05, 0.1) is 17.0 Å². The van der Waals surface area contributed by atoms with E-state index < -0.39 is 0 Å². The van der Waals surface area contributed by atoms with Crippen molar-refractivity contribution in [1.82, 2.24) is 10.3 Å². The Bertz CT molecular complexity index is 496. The predicted octanol–water partition coefficient (Wildman–Crippen LogP) is 2.21. The largest absolute Gasteiger partial charge is 0.354 e. The van der Waals surface area contributed by atoms with Gasteiger partial charge in [-0.3, -0.25) is 4.79 Å². The van der Waals surface area contributed by atoms with Gasteiger partial charge in [-0.2, -0.15) is 0 Å². The molecule has 2 aliphatic rings. The van der Waals surface area contributed by atoms with Crippen molar-refractivity contribution in [2.45, 2.75) is 18.9 Å². The zero-order valence-electron chi connectivity index (χ0n) is 9.70. The SMILES string of the molecule is O=C1NCC2C1CCCN2c1ncc(Br)cc1Cl. The number of carbonyl (C=O) groups excluding carboxylic acids is 1. The first-order valence-corrected chi connectivity index (χ1v) is 7.19. The van der Waals surface area contributed by atoms with Crippen LogP contribution in [0.15, 0.2) is 16.7 Å². The fourth-order valence-electron chi connectivity index (χ4n) is 2.83. The van der Waals surface area contributed by atoms with E-state index in [0.29, 0.717) is 11.6 Å². The second kappa shape index (κ2) is 4.70. The number of rotatable bonds is 1. The molecule has 1 amide bonds. The average molecular weight is 331 g/mol. The summed E-state index contributed by atoms with van der Waals surface area (Å²) in [5.74, 6) is 1.03. The van der Waals surface area contributed by atoms with E-state index in [4.69, 9.17) is 11.6 Å². The zero-order valence-corrected chi connectivity index (χ0v) is 12.0. The monoisotopic (exact) mass is 329 g/mol.